The Balaban J connectivity index is 0.00000364. The van der Waals surface area contributed by atoms with Crippen molar-refractivity contribution in [1.82, 2.24) is 20.9 Å². The predicted molar refractivity (Wildman–Crippen MR) is 124 cm³/mol. The molecule has 0 aromatic rings. The second-order valence-corrected chi connectivity index (χ2v) is 8.58. The van der Waals surface area contributed by atoms with Gasteiger partial charge in [-0.3, -0.25) is 14.7 Å². The van der Waals surface area contributed by atoms with E-state index in [9.17, 15) is 4.79 Å². The fraction of sp³-hybridized carbons (Fsp3) is 0.900. The van der Waals surface area contributed by atoms with Crippen molar-refractivity contribution in [3.05, 3.63) is 0 Å². The first kappa shape index (κ1) is 24.5. The summed E-state index contributed by atoms with van der Waals surface area (Å²) in [7, 11) is 3.49. The van der Waals surface area contributed by atoms with Gasteiger partial charge in [0, 0.05) is 32.7 Å². The van der Waals surface area contributed by atoms with Gasteiger partial charge in [-0.1, -0.05) is 25.7 Å². The van der Waals surface area contributed by atoms with Gasteiger partial charge in [-0.15, -0.1) is 24.0 Å². The first-order chi connectivity index (χ1) is 12.4. The lowest BCUT2D eigenvalue weighted by Gasteiger charge is -2.48. The molecule has 1 aliphatic carbocycles. The van der Waals surface area contributed by atoms with Gasteiger partial charge in [-0.25, -0.2) is 0 Å². The van der Waals surface area contributed by atoms with Crippen molar-refractivity contribution in [2.75, 3.05) is 40.3 Å². The van der Waals surface area contributed by atoms with Crippen LogP contribution < -0.4 is 16.0 Å². The lowest BCUT2D eigenvalue weighted by atomic mass is 9.79. The normalized spacial score (nSPS) is 21.1. The third-order valence-electron chi connectivity index (χ3n) is 6.16. The molecule has 0 aromatic carbocycles. The van der Waals surface area contributed by atoms with E-state index < -0.39 is 5.41 Å². The summed E-state index contributed by atoms with van der Waals surface area (Å²) in [5.41, 5.74) is -0.200. The summed E-state index contributed by atoms with van der Waals surface area (Å²) < 4.78 is 0. The van der Waals surface area contributed by atoms with E-state index in [4.69, 9.17) is 0 Å². The van der Waals surface area contributed by atoms with E-state index in [1.165, 1.54) is 64.5 Å². The lowest BCUT2D eigenvalue weighted by molar-refractivity contribution is -0.128. The number of guanidine groups is 1. The van der Waals surface area contributed by atoms with Crippen LogP contribution in [0, 0.1) is 5.41 Å². The quantitative estimate of drug-likeness (QED) is 0.303. The summed E-state index contributed by atoms with van der Waals surface area (Å²) in [6.45, 7) is 7.86. The number of nitrogens with zero attached hydrogens (tertiary/aromatic N) is 2. The molecule has 0 unspecified atom stereocenters. The molecule has 1 heterocycles. The molecular formula is C20H40IN5O. The number of piperidine rings is 1. The number of amides is 1. The van der Waals surface area contributed by atoms with Crippen molar-refractivity contribution < 1.29 is 4.79 Å². The van der Waals surface area contributed by atoms with Crippen LogP contribution in [0.3, 0.4) is 0 Å². The topological polar surface area (TPSA) is 68.8 Å². The lowest BCUT2D eigenvalue weighted by Crippen LogP contribution is -2.59. The average Bonchev–Trinajstić information content (AvgIpc) is 2.68. The molecule has 0 atom stereocenters. The Labute approximate surface area is 182 Å². The van der Waals surface area contributed by atoms with Gasteiger partial charge in [0.25, 0.3) is 0 Å². The van der Waals surface area contributed by atoms with E-state index >= 15 is 0 Å². The number of halogens is 1. The standard InChI is InChI=1S/C20H39N5O.HI/c1-19(2,17(26)21-3)15-23-18(22-4)24-16-20(11-7-5-8-12-20)25-13-9-6-10-14-25;/h5-16H2,1-4H3,(H,21,26)(H2,22,23,24);1H. The summed E-state index contributed by atoms with van der Waals surface area (Å²) in [6, 6.07) is 0. The number of likely N-dealkylation sites (tertiary alicyclic amines) is 1. The van der Waals surface area contributed by atoms with Crippen molar-refractivity contribution >= 4 is 35.8 Å². The Morgan fingerprint density at radius 2 is 1.63 bits per heavy atom. The molecule has 6 nitrogen and oxygen atoms in total. The highest BCUT2D eigenvalue weighted by Crippen LogP contribution is 2.35. The second-order valence-electron chi connectivity index (χ2n) is 8.58. The van der Waals surface area contributed by atoms with Gasteiger partial charge in [0.15, 0.2) is 5.96 Å². The number of aliphatic imine (C=N–C) groups is 1. The van der Waals surface area contributed by atoms with E-state index in [1.54, 1.807) is 14.1 Å². The second kappa shape index (κ2) is 11.4. The van der Waals surface area contributed by atoms with Crippen LogP contribution in [0.15, 0.2) is 4.99 Å². The summed E-state index contributed by atoms with van der Waals surface area (Å²) in [6.07, 6.45) is 10.6. The van der Waals surface area contributed by atoms with Gasteiger partial charge in [-0.2, -0.15) is 0 Å². The number of carbonyl (C=O) groups is 1. The van der Waals surface area contributed by atoms with Gasteiger partial charge in [-0.05, 0) is 52.6 Å². The summed E-state index contributed by atoms with van der Waals surface area (Å²) in [5.74, 6) is 0.835. The van der Waals surface area contributed by atoms with Crippen molar-refractivity contribution in [2.45, 2.75) is 70.8 Å². The van der Waals surface area contributed by atoms with E-state index in [0.29, 0.717) is 6.54 Å². The maximum atomic E-state index is 12.0. The Morgan fingerprint density at radius 3 is 2.19 bits per heavy atom. The van der Waals surface area contributed by atoms with Crippen LogP contribution in [0.25, 0.3) is 0 Å². The fourth-order valence-corrected chi connectivity index (χ4v) is 4.38. The van der Waals surface area contributed by atoms with Crippen LogP contribution in [0.4, 0.5) is 0 Å². The van der Waals surface area contributed by atoms with Crippen molar-refractivity contribution in [1.29, 1.82) is 0 Å². The highest BCUT2D eigenvalue weighted by Gasteiger charge is 2.38. The van der Waals surface area contributed by atoms with Crippen LogP contribution in [0.5, 0.6) is 0 Å². The number of hydrogen-bond donors (Lipinski definition) is 3. The first-order valence-corrected chi connectivity index (χ1v) is 10.4. The zero-order chi connectivity index (χ0) is 19.0. The highest BCUT2D eigenvalue weighted by atomic mass is 127. The van der Waals surface area contributed by atoms with Gasteiger partial charge in [0.05, 0.1) is 5.41 Å². The van der Waals surface area contributed by atoms with Crippen LogP contribution in [-0.2, 0) is 4.79 Å². The Bertz CT molecular complexity index is 483. The SMILES string of the molecule is CN=C(NCC(C)(C)C(=O)NC)NCC1(N2CCCCC2)CCCCC1.I. The molecule has 2 aliphatic rings. The molecule has 0 spiro atoms. The number of carbonyl (C=O) groups excluding carboxylic acids is 1. The number of rotatable bonds is 6. The number of nitrogens with one attached hydrogen (secondary N) is 3. The van der Waals surface area contributed by atoms with E-state index in [0.717, 1.165) is 12.5 Å². The van der Waals surface area contributed by atoms with Crippen LogP contribution in [-0.4, -0.2) is 62.6 Å². The monoisotopic (exact) mass is 493 g/mol. The third kappa shape index (κ3) is 6.76. The average molecular weight is 493 g/mol. The Hall–Kier alpha value is -0.570. The van der Waals surface area contributed by atoms with Crippen molar-refractivity contribution in [3.63, 3.8) is 0 Å². The fourth-order valence-electron chi connectivity index (χ4n) is 4.38. The molecule has 0 aromatic heterocycles. The van der Waals surface area contributed by atoms with Gasteiger partial charge < -0.3 is 16.0 Å². The molecule has 3 N–H and O–H groups in total. The Kier molecular flexibility index (Phi) is 10.4. The maximum absolute atomic E-state index is 12.0. The minimum absolute atomic E-state index is 0. The van der Waals surface area contributed by atoms with Crippen molar-refractivity contribution in [3.8, 4) is 0 Å². The largest absolute Gasteiger partial charge is 0.359 e. The summed E-state index contributed by atoms with van der Waals surface area (Å²) in [4.78, 5) is 19.1. The zero-order valence-corrected chi connectivity index (χ0v) is 20.0. The Morgan fingerprint density at radius 1 is 1.04 bits per heavy atom. The smallest absolute Gasteiger partial charge is 0.227 e. The predicted octanol–water partition coefficient (Wildman–Crippen LogP) is 2.73. The molecule has 27 heavy (non-hydrogen) atoms. The van der Waals surface area contributed by atoms with Gasteiger partial charge in [0.2, 0.25) is 5.91 Å². The third-order valence-corrected chi connectivity index (χ3v) is 6.16. The molecule has 1 saturated carbocycles. The molecule has 1 saturated heterocycles. The summed E-state index contributed by atoms with van der Waals surface area (Å²) >= 11 is 0. The summed E-state index contributed by atoms with van der Waals surface area (Å²) in [5, 5.41) is 9.65. The van der Waals surface area contributed by atoms with E-state index in [2.05, 4.69) is 25.8 Å². The molecule has 0 bridgehead atoms. The molecule has 2 rings (SSSR count). The van der Waals surface area contributed by atoms with Gasteiger partial charge in [0.1, 0.15) is 0 Å². The van der Waals surface area contributed by atoms with Crippen LogP contribution >= 0.6 is 24.0 Å². The van der Waals surface area contributed by atoms with Crippen LogP contribution in [0.1, 0.15) is 65.2 Å². The minimum Gasteiger partial charge on any atom is -0.359 e. The molecule has 158 valence electrons. The highest BCUT2D eigenvalue weighted by molar-refractivity contribution is 14.0. The zero-order valence-electron chi connectivity index (χ0n) is 17.7. The molecule has 2 fully saturated rings. The van der Waals surface area contributed by atoms with Crippen LogP contribution in [0.2, 0.25) is 0 Å². The first-order valence-electron chi connectivity index (χ1n) is 10.4. The number of hydrogen-bond acceptors (Lipinski definition) is 3. The minimum atomic E-state index is -0.470. The van der Waals surface area contributed by atoms with E-state index in [1.807, 2.05) is 13.8 Å². The molecule has 1 amide bonds. The molecular weight excluding hydrogens is 453 g/mol. The molecule has 7 heteroatoms. The molecule has 1 aliphatic heterocycles. The molecule has 0 radical (unpaired) electrons. The van der Waals surface area contributed by atoms with E-state index in [-0.39, 0.29) is 35.4 Å². The van der Waals surface area contributed by atoms with Crippen molar-refractivity contribution in [2.24, 2.45) is 10.4 Å². The maximum Gasteiger partial charge on any atom is 0.227 e. The van der Waals surface area contributed by atoms with Gasteiger partial charge >= 0.3 is 0 Å².